The maximum Gasteiger partial charge on any atom is 0.253 e. The Morgan fingerprint density at radius 2 is 1.78 bits per heavy atom. The van der Waals surface area contributed by atoms with Crippen LogP contribution in [0.4, 0.5) is 5.69 Å². The summed E-state index contributed by atoms with van der Waals surface area (Å²) in [6.07, 6.45) is 4.28. The number of aromatic nitrogens is 4. The van der Waals surface area contributed by atoms with Gasteiger partial charge >= 0.3 is 0 Å². The molecule has 166 valence electrons. The Morgan fingerprint density at radius 1 is 1.06 bits per heavy atom. The van der Waals surface area contributed by atoms with Gasteiger partial charge in [0.15, 0.2) is 0 Å². The Bertz CT molecular complexity index is 1080. The number of carbonyl (C=O) groups is 2. The van der Waals surface area contributed by atoms with Gasteiger partial charge in [-0.25, -0.2) is 0 Å². The molecule has 1 saturated carbocycles. The predicted octanol–water partition coefficient (Wildman–Crippen LogP) is 3.77. The fourth-order valence-electron chi connectivity index (χ4n) is 3.88. The smallest absolute Gasteiger partial charge is 0.253 e. The van der Waals surface area contributed by atoms with Crippen molar-refractivity contribution >= 4 is 17.5 Å². The number of hydrogen-bond acceptors (Lipinski definition) is 5. The van der Waals surface area contributed by atoms with Crippen LogP contribution in [0.1, 0.15) is 61.4 Å². The number of benzene rings is 2. The Hall–Kier alpha value is -3.55. The van der Waals surface area contributed by atoms with E-state index in [1.807, 2.05) is 24.3 Å². The van der Waals surface area contributed by atoms with Crippen molar-refractivity contribution in [1.82, 2.24) is 25.5 Å². The van der Waals surface area contributed by atoms with Crippen LogP contribution in [0.2, 0.25) is 0 Å². The van der Waals surface area contributed by atoms with Crippen LogP contribution in [-0.4, -0.2) is 38.1 Å². The van der Waals surface area contributed by atoms with E-state index in [4.69, 9.17) is 0 Å². The van der Waals surface area contributed by atoms with E-state index < -0.39 is 0 Å². The van der Waals surface area contributed by atoms with Gasteiger partial charge in [0.25, 0.3) is 5.91 Å². The summed E-state index contributed by atoms with van der Waals surface area (Å²) in [5, 5.41) is 18.2. The second-order valence-corrected chi connectivity index (χ2v) is 8.47. The molecule has 2 amide bonds. The number of nitrogens with zero attached hydrogens (tertiary/aromatic N) is 4. The molecule has 0 unspecified atom stereocenters. The van der Waals surface area contributed by atoms with Gasteiger partial charge in [0, 0.05) is 11.6 Å². The van der Waals surface area contributed by atoms with E-state index in [0.29, 0.717) is 23.0 Å². The normalized spacial score (nSPS) is 14.0. The molecule has 8 heteroatoms. The molecule has 0 radical (unpaired) electrons. The van der Waals surface area contributed by atoms with Crippen LogP contribution in [0.3, 0.4) is 0 Å². The standard InChI is InChI=1S/C24H28N6O2/c1-16(2)17-11-13-18(14-12-17)23-27-29-30(28-23)15-22(31)26-21-10-6-5-9-20(21)24(32)25-19-7-3-4-8-19/h5-6,9-14,16,19H,3-4,7-8,15H2,1-2H3,(H,25,32)(H,26,31). The summed E-state index contributed by atoms with van der Waals surface area (Å²) < 4.78 is 0. The number of hydrogen-bond donors (Lipinski definition) is 2. The average Bonchev–Trinajstić information content (AvgIpc) is 3.46. The number of carbonyl (C=O) groups excluding carboxylic acids is 2. The second-order valence-electron chi connectivity index (χ2n) is 8.47. The highest BCUT2D eigenvalue weighted by Crippen LogP contribution is 2.21. The molecule has 0 aliphatic heterocycles. The average molecular weight is 433 g/mol. The maximum absolute atomic E-state index is 12.7. The molecule has 0 spiro atoms. The van der Waals surface area contributed by atoms with Gasteiger partial charge in [-0.1, -0.05) is 63.1 Å². The summed E-state index contributed by atoms with van der Waals surface area (Å²) in [5.74, 6) is 0.410. The SMILES string of the molecule is CC(C)c1ccc(-c2nnn(CC(=O)Nc3ccccc3C(=O)NC3CCCC3)n2)cc1. The topological polar surface area (TPSA) is 102 Å². The Balaban J connectivity index is 1.40. The van der Waals surface area contributed by atoms with Crippen LogP contribution in [0.15, 0.2) is 48.5 Å². The lowest BCUT2D eigenvalue weighted by atomic mass is 10.0. The van der Waals surface area contributed by atoms with E-state index in [2.05, 4.69) is 39.9 Å². The molecule has 1 aromatic heterocycles. The zero-order valence-corrected chi connectivity index (χ0v) is 18.4. The third-order valence-corrected chi connectivity index (χ3v) is 5.71. The first-order valence-corrected chi connectivity index (χ1v) is 11.1. The number of para-hydroxylation sites is 1. The monoisotopic (exact) mass is 432 g/mol. The zero-order chi connectivity index (χ0) is 22.5. The molecule has 8 nitrogen and oxygen atoms in total. The first-order valence-electron chi connectivity index (χ1n) is 11.1. The highest BCUT2D eigenvalue weighted by Gasteiger charge is 2.20. The number of rotatable bonds is 7. The van der Waals surface area contributed by atoms with Crippen molar-refractivity contribution < 1.29 is 9.59 Å². The van der Waals surface area contributed by atoms with Crippen molar-refractivity contribution in [1.29, 1.82) is 0 Å². The number of amides is 2. The van der Waals surface area contributed by atoms with Crippen molar-refractivity contribution in [3.05, 3.63) is 59.7 Å². The highest BCUT2D eigenvalue weighted by atomic mass is 16.2. The first kappa shape index (κ1) is 21.7. The van der Waals surface area contributed by atoms with Gasteiger partial charge in [-0.05, 0) is 41.7 Å². The van der Waals surface area contributed by atoms with Gasteiger partial charge in [0.05, 0.1) is 11.3 Å². The maximum atomic E-state index is 12.7. The molecule has 2 aromatic carbocycles. The number of tetrazole rings is 1. The van der Waals surface area contributed by atoms with Crippen LogP contribution >= 0.6 is 0 Å². The lowest BCUT2D eigenvalue weighted by Gasteiger charge is -2.14. The van der Waals surface area contributed by atoms with E-state index in [0.717, 1.165) is 31.2 Å². The predicted molar refractivity (Wildman–Crippen MR) is 122 cm³/mol. The van der Waals surface area contributed by atoms with Gasteiger partial charge in [-0.3, -0.25) is 9.59 Å². The van der Waals surface area contributed by atoms with Crippen molar-refractivity contribution in [2.75, 3.05) is 5.32 Å². The third kappa shape index (κ3) is 5.19. The number of nitrogens with one attached hydrogen (secondary N) is 2. The van der Waals surface area contributed by atoms with Crippen LogP contribution in [0.5, 0.6) is 0 Å². The van der Waals surface area contributed by atoms with Crippen LogP contribution in [0.25, 0.3) is 11.4 Å². The second kappa shape index (κ2) is 9.72. The molecule has 2 N–H and O–H groups in total. The summed E-state index contributed by atoms with van der Waals surface area (Å²) in [7, 11) is 0. The molecular formula is C24H28N6O2. The molecule has 4 rings (SSSR count). The Morgan fingerprint density at radius 3 is 2.50 bits per heavy atom. The lowest BCUT2D eigenvalue weighted by Crippen LogP contribution is -2.33. The summed E-state index contributed by atoms with van der Waals surface area (Å²) in [6, 6.07) is 15.2. The van der Waals surface area contributed by atoms with Crippen molar-refractivity contribution in [3.8, 4) is 11.4 Å². The quantitative estimate of drug-likeness (QED) is 0.592. The zero-order valence-electron chi connectivity index (χ0n) is 18.4. The minimum Gasteiger partial charge on any atom is -0.349 e. The molecule has 32 heavy (non-hydrogen) atoms. The summed E-state index contributed by atoms with van der Waals surface area (Å²) >= 11 is 0. The van der Waals surface area contributed by atoms with Crippen LogP contribution in [0, 0.1) is 0 Å². The Labute approximate surface area is 187 Å². The third-order valence-electron chi connectivity index (χ3n) is 5.71. The fraction of sp³-hybridized carbons (Fsp3) is 0.375. The number of anilines is 1. The molecule has 1 fully saturated rings. The molecule has 1 aliphatic rings. The summed E-state index contributed by atoms with van der Waals surface area (Å²) in [6.45, 7) is 4.17. The lowest BCUT2D eigenvalue weighted by molar-refractivity contribution is -0.117. The van der Waals surface area contributed by atoms with Crippen molar-refractivity contribution in [3.63, 3.8) is 0 Å². The van der Waals surface area contributed by atoms with Crippen LogP contribution < -0.4 is 10.6 Å². The molecule has 0 bridgehead atoms. The highest BCUT2D eigenvalue weighted by molar-refractivity contribution is 6.03. The molecule has 0 atom stereocenters. The fourth-order valence-corrected chi connectivity index (χ4v) is 3.88. The first-order chi connectivity index (χ1) is 15.5. The molecule has 1 aliphatic carbocycles. The van der Waals surface area contributed by atoms with Gasteiger partial charge in [0.2, 0.25) is 11.7 Å². The van der Waals surface area contributed by atoms with E-state index >= 15 is 0 Å². The van der Waals surface area contributed by atoms with Gasteiger partial charge in [0.1, 0.15) is 6.54 Å². The van der Waals surface area contributed by atoms with Crippen LogP contribution in [-0.2, 0) is 11.3 Å². The van der Waals surface area contributed by atoms with E-state index in [-0.39, 0.29) is 24.4 Å². The molecule has 0 saturated heterocycles. The van der Waals surface area contributed by atoms with Gasteiger partial charge in [-0.15, -0.1) is 10.2 Å². The van der Waals surface area contributed by atoms with Gasteiger partial charge in [-0.2, -0.15) is 4.80 Å². The van der Waals surface area contributed by atoms with Gasteiger partial charge < -0.3 is 10.6 Å². The van der Waals surface area contributed by atoms with E-state index in [1.54, 1.807) is 24.3 Å². The largest absolute Gasteiger partial charge is 0.349 e. The minimum absolute atomic E-state index is 0.102. The van der Waals surface area contributed by atoms with E-state index in [9.17, 15) is 9.59 Å². The Kier molecular flexibility index (Phi) is 6.58. The van der Waals surface area contributed by atoms with Crippen molar-refractivity contribution in [2.45, 2.75) is 58.0 Å². The van der Waals surface area contributed by atoms with Crippen molar-refractivity contribution in [2.24, 2.45) is 0 Å². The minimum atomic E-state index is -0.328. The summed E-state index contributed by atoms with van der Waals surface area (Å²) in [5.41, 5.74) is 2.99. The summed E-state index contributed by atoms with van der Waals surface area (Å²) in [4.78, 5) is 26.5. The molecule has 3 aromatic rings. The van der Waals surface area contributed by atoms with E-state index in [1.165, 1.54) is 10.4 Å². The molecular weight excluding hydrogens is 404 g/mol. The molecule has 1 heterocycles.